The van der Waals surface area contributed by atoms with Gasteiger partial charge in [-0.05, 0) is 24.1 Å². The largest absolute Gasteiger partial charge is 0.347 e. The molecule has 6 heteroatoms. The van der Waals surface area contributed by atoms with Gasteiger partial charge >= 0.3 is 0 Å². The summed E-state index contributed by atoms with van der Waals surface area (Å²) >= 11 is 0. The Bertz CT molecular complexity index is 1030. The van der Waals surface area contributed by atoms with Gasteiger partial charge in [0.2, 0.25) is 5.91 Å². The van der Waals surface area contributed by atoms with Crippen LogP contribution < -0.4 is 0 Å². The van der Waals surface area contributed by atoms with Crippen LogP contribution in [0.25, 0.3) is 5.65 Å². The molecule has 6 nitrogen and oxygen atoms in total. The fraction of sp³-hybridized carbons (Fsp3) is 0.417. The highest BCUT2D eigenvalue weighted by Gasteiger charge is 2.41. The van der Waals surface area contributed by atoms with E-state index in [4.69, 9.17) is 9.47 Å². The molecule has 3 aromatic rings. The molecular weight excluding hydrogens is 378 g/mol. The van der Waals surface area contributed by atoms with Gasteiger partial charge in [-0.1, -0.05) is 36.4 Å². The third-order valence-electron chi connectivity index (χ3n) is 6.39. The summed E-state index contributed by atoms with van der Waals surface area (Å²) in [7, 11) is 0. The highest BCUT2D eigenvalue weighted by Crippen LogP contribution is 2.34. The number of carbonyl (C=O) groups is 1. The van der Waals surface area contributed by atoms with E-state index < -0.39 is 5.79 Å². The minimum atomic E-state index is -0.464. The predicted molar refractivity (Wildman–Crippen MR) is 113 cm³/mol. The summed E-state index contributed by atoms with van der Waals surface area (Å²) in [6.45, 7) is 4.71. The van der Waals surface area contributed by atoms with Crippen molar-refractivity contribution in [1.82, 2.24) is 14.3 Å². The van der Waals surface area contributed by atoms with Crippen molar-refractivity contribution in [1.29, 1.82) is 0 Å². The predicted octanol–water partition coefficient (Wildman–Crippen LogP) is 3.53. The molecule has 0 aliphatic carbocycles. The zero-order valence-electron chi connectivity index (χ0n) is 17.3. The molecule has 2 aliphatic heterocycles. The zero-order valence-corrected chi connectivity index (χ0v) is 17.3. The molecule has 1 unspecified atom stereocenters. The van der Waals surface area contributed by atoms with Crippen LogP contribution in [-0.2, 0) is 14.3 Å². The summed E-state index contributed by atoms with van der Waals surface area (Å²) in [4.78, 5) is 19.9. The summed E-state index contributed by atoms with van der Waals surface area (Å²) in [6.07, 6.45) is 5.84. The van der Waals surface area contributed by atoms with Crippen LogP contribution in [0.1, 0.15) is 42.0 Å². The zero-order chi connectivity index (χ0) is 20.6. The van der Waals surface area contributed by atoms with Crippen molar-refractivity contribution in [3.8, 4) is 0 Å². The van der Waals surface area contributed by atoms with Crippen LogP contribution in [0.3, 0.4) is 0 Å². The summed E-state index contributed by atoms with van der Waals surface area (Å²) in [5.41, 5.74) is 4.24. The number of amides is 1. The smallest absolute Gasteiger partial charge is 0.223 e. The Balaban J connectivity index is 1.40. The van der Waals surface area contributed by atoms with E-state index in [1.54, 1.807) is 0 Å². The van der Waals surface area contributed by atoms with Gasteiger partial charge in [0.1, 0.15) is 5.65 Å². The Labute approximate surface area is 176 Å². The van der Waals surface area contributed by atoms with Crippen molar-refractivity contribution in [2.24, 2.45) is 0 Å². The maximum absolute atomic E-state index is 13.3. The number of hydrogen-bond donors (Lipinski definition) is 0. The van der Waals surface area contributed by atoms with Crippen LogP contribution in [0.15, 0.2) is 54.9 Å². The van der Waals surface area contributed by atoms with Gasteiger partial charge in [0.05, 0.1) is 18.9 Å². The molecular formula is C24H27N3O3. The van der Waals surface area contributed by atoms with Gasteiger partial charge < -0.3 is 18.8 Å². The summed E-state index contributed by atoms with van der Waals surface area (Å²) < 4.78 is 13.7. The molecule has 5 rings (SSSR count). The quantitative estimate of drug-likeness (QED) is 0.666. The van der Waals surface area contributed by atoms with E-state index in [1.807, 2.05) is 41.6 Å². The van der Waals surface area contributed by atoms with Crippen molar-refractivity contribution in [2.45, 2.75) is 37.9 Å². The van der Waals surface area contributed by atoms with Crippen LogP contribution in [-0.4, -0.2) is 52.3 Å². The van der Waals surface area contributed by atoms with Gasteiger partial charge in [-0.3, -0.25) is 4.79 Å². The second-order valence-electron chi connectivity index (χ2n) is 8.22. The molecule has 0 bridgehead atoms. The first kappa shape index (κ1) is 19.3. The molecule has 1 spiro atoms. The lowest BCUT2D eigenvalue weighted by Crippen LogP contribution is -2.47. The first-order valence-electron chi connectivity index (χ1n) is 10.7. The molecule has 1 atom stereocenters. The summed E-state index contributed by atoms with van der Waals surface area (Å²) in [5.74, 6) is -0.348. The molecule has 0 saturated carbocycles. The second kappa shape index (κ2) is 7.85. The Morgan fingerprint density at radius 2 is 1.83 bits per heavy atom. The molecule has 1 amide bonds. The Morgan fingerprint density at radius 1 is 1.10 bits per heavy atom. The number of nitrogens with zero attached hydrogens (tertiary/aromatic N) is 3. The normalized spacial score (nSPS) is 19.4. The molecule has 0 N–H and O–H groups in total. The number of rotatable bonds is 4. The van der Waals surface area contributed by atoms with Gasteiger partial charge in [-0.2, -0.15) is 0 Å². The van der Waals surface area contributed by atoms with Gasteiger partial charge in [-0.25, -0.2) is 4.98 Å². The van der Waals surface area contributed by atoms with Crippen molar-refractivity contribution in [2.75, 3.05) is 26.3 Å². The van der Waals surface area contributed by atoms with E-state index in [1.165, 1.54) is 0 Å². The number of benzene rings is 1. The Kier molecular flexibility index (Phi) is 5.05. The van der Waals surface area contributed by atoms with Gasteiger partial charge in [0, 0.05) is 50.7 Å². The lowest BCUT2D eigenvalue weighted by atomic mass is 9.91. The number of carbonyl (C=O) groups excluding carboxylic acids is 1. The van der Waals surface area contributed by atoms with Crippen molar-refractivity contribution >= 4 is 11.6 Å². The van der Waals surface area contributed by atoms with Crippen LogP contribution in [0.5, 0.6) is 0 Å². The average Bonchev–Trinajstić information content (AvgIpc) is 3.41. The van der Waals surface area contributed by atoms with Crippen molar-refractivity contribution < 1.29 is 14.3 Å². The number of pyridine rings is 1. The van der Waals surface area contributed by atoms with E-state index in [0.717, 1.165) is 35.3 Å². The molecule has 0 radical (unpaired) electrons. The molecule has 1 aromatic carbocycles. The SMILES string of the molecule is Cc1cccn2c(C(CC(=O)N3CCC4(CC3)OCCO4)c3ccccc3)cnc12. The van der Waals surface area contributed by atoms with Crippen molar-refractivity contribution in [3.63, 3.8) is 0 Å². The summed E-state index contributed by atoms with van der Waals surface area (Å²) in [5, 5.41) is 0. The molecule has 2 aliphatic rings. The van der Waals surface area contributed by atoms with E-state index in [9.17, 15) is 4.79 Å². The first-order chi connectivity index (χ1) is 14.7. The number of ether oxygens (including phenoxy) is 2. The lowest BCUT2D eigenvalue weighted by Gasteiger charge is -2.38. The van der Waals surface area contributed by atoms with Crippen LogP contribution in [0, 0.1) is 6.92 Å². The van der Waals surface area contributed by atoms with E-state index >= 15 is 0 Å². The molecule has 30 heavy (non-hydrogen) atoms. The Morgan fingerprint density at radius 3 is 2.57 bits per heavy atom. The fourth-order valence-electron chi connectivity index (χ4n) is 4.69. The van der Waals surface area contributed by atoms with Crippen molar-refractivity contribution in [3.05, 3.63) is 71.7 Å². The van der Waals surface area contributed by atoms with E-state index in [0.29, 0.717) is 32.7 Å². The second-order valence-corrected chi connectivity index (χ2v) is 8.22. The maximum atomic E-state index is 13.3. The first-order valence-corrected chi connectivity index (χ1v) is 10.7. The highest BCUT2D eigenvalue weighted by atomic mass is 16.7. The minimum Gasteiger partial charge on any atom is -0.347 e. The number of imidazole rings is 1. The monoisotopic (exact) mass is 405 g/mol. The van der Waals surface area contributed by atoms with E-state index in [-0.39, 0.29) is 11.8 Å². The fourth-order valence-corrected chi connectivity index (χ4v) is 4.69. The number of piperidine rings is 1. The molecule has 156 valence electrons. The average molecular weight is 405 g/mol. The van der Waals surface area contributed by atoms with Crippen LogP contribution in [0.4, 0.5) is 0 Å². The molecule has 2 saturated heterocycles. The molecule has 2 fully saturated rings. The maximum Gasteiger partial charge on any atom is 0.223 e. The summed E-state index contributed by atoms with van der Waals surface area (Å²) in [6, 6.07) is 14.3. The minimum absolute atomic E-state index is 0.0506. The van der Waals surface area contributed by atoms with Gasteiger partial charge in [0.15, 0.2) is 5.79 Å². The third-order valence-corrected chi connectivity index (χ3v) is 6.39. The Hall–Kier alpha value is -2.70. The number of hydrogen-bond acceptors (Lipinski definition) is 4. The van der Waals surface area contributed by atoms with Crippen LogP contribution >= 0.6 is 0 Å². The topological polar surface area (TPSA) is 56.1 Å². The highest BCUT2D eigenvalue weighted by molar-refractivity contribution is 5.78. The number of likely N-dealkylation sites (tertiary alicyclic amines) is 1. The molecule has 4 heterocycles. The third kappa shape index (κ3) is 3.50. The van der Waals surface area contributed by atoms with Crippen LogP contribution in [0.2, 0.25) is 0 Å². The van der Waals surface area contributed by atoms with Gasteiger partial charge in [0.25, 0.3) is 0 Å². The number of aryl methyl sites for hydroxylation is 1. The lowest BCUT2D eigenvalue weighted by molar-refractivity contribution is -0.187. The number of fused-ring (bicyclic) bond motifs is 1. The van der Waals surface area contributed by atoms with E-state index in [2.05, 4.69) is 34.5 Å². The van der Waals surface area contributed by atoms with Gasteiger partial charge in [-0.15, -0.1) is 0 Å². The standard InChI is InChI=1S/C24H27N3O3/c1-18-6-5-11-27-21(17-25-23(18)27)20(19-7-3-2-4-8-19)16-22(28)26-12-9-24(10-13-26)29-14-15-30-24/h2-8,11,17,20H,9-10,12-16H2,1H3. The number of aromatic nitrogens is 2. The molecule has 2 aromatic heterocycles.